The fraction of sp³-hybridized carbons (Fsp3) is 0.310. The highest BCUT2D eigenvalue weighted by Crippen LogP contribution is 2.53. The van der Waals surface area contributed by atoms with Gasteiger partial charge in [-0.2, -0.15) is 0 Å². The topological polar surface area (TPSA) is 129 Å². The molecule has 3 aliphatic heterocycles. The summed E-state index contributed by atoms with van der Waals surface area (Å²) >= 11 is 0. The molecule has 4 heterocycles. The average molecular weight is 561 g/mol. The van der Waals surface area contributed by atoms with Crippen molar-refractivity contribution in [2.24, 2.45) is 0 Å². The maximum atomic E-state index is 13.2. The number of pyridine rings is 1. The van der Waals surface area contributed by atoms with Crippen molar-refractivity contribution in [2.45, 2.75) is 50.6 Å². The van der Waals surface area contributed by atoms with Crippen molar-refractivity contribution >= 4 is 25.3 Å². The van der Waals surface area contributed by atoms with Gasteiger partial charge in [0.1, 0.15) is 17.6 Å². The SMILES string of the molecule is O=C1CCC(N2Cc3cc(-c4cc(CN5CCCC5P(=O)(O)Oc5ccccc5)ccn4)ccc3C2=O)C(=O)N1. The van der Waals surface area contributed by atoms with Crippen LogP contribution in [-0.4, -0.2) is 55.8 Å². The molecule has 0 bridgehead atoms. The number of carbonyl (C=O) groups is 3. The van der Waals surface area contributed by atoms with Gasteiger partial charge in [0.25, 0.3) is 5.91 Å². The molecule has 2 aromatic carbocycles. The summed E-state index contributed by atoms with van der Waals surface area (Å²) in [6.07, 6.45) is 3.60. The van der Waals surface area contributed by atoms with Crippen LogP contribution in [0.15, 0.2) is 66.9 Å². The van der Waals surface area contributed by atoms with Crippen LogP contribution in [0.1, 0.15) is 47.2 Å². The Morgan fingerprint density at radius 2 is 1.88 bits per heavy atom. The van der Waals surface area contributed by atoms with Gasteiger partial charge >= 0.3 is 7.60 Å². The van der Waals surface area contributed by atoms with Crippen LogP contribution in [0.5, 0.6) is 5.75 Å². The van der Waals surface area contributed by atoms with Crippen molar-refractivity contribution in [3.05, 3.63) is 83.6 Å². The third kappa shape index (κ3) is 5.18. The number of fused-ring (bicyclic) bond motifs is 1. The molecular formula is C29H29N4O6P. The number of nitrogens with zero attached hydrogens (tertiary/aromatic N) is 3. The molecule has 3 amide bonds. The molecule has 3 unspecified atom stereocenters. The molecule has 11 heteroatoms. The molecule has 0 spiro atoms. The molecule has 206 valence electrons. The number of hydrogen-bond acceptors (Lipinski definition) is 7. The molecule has 3 aromatic rings. The molecule has 1 aromatic heterocycles. The van der Waals surface area contributed by atoms with Crippen LogP contribution >= 0.6 is 7.60 Å². The van der Waals surface area contributed by atoms with E-state index >= 15 is 0 Å². The summed E-state index contributed by atoms with van der Waals surface area (Å²) in [5, 5.41) is 2.32. The van der Waals surface area contributed by atoms with Crippen molar-refractivity contribution in [3.63, 3.8) is 0 Å². The maximum absolute atomic E-state index is 13.2. The summed E-state index contributed by atoms with van der Waals surface area (Å²) in [5.41, 5.74) is 3.84. The van der Waals surface area contributed by atoms with E-state index in [0.717, 1.165) is 28.8 Å². The number of amides is 3. The van der Waals surface area contributed by atoms with Crippen molar-refractivity contribution in [2.75, 3.05) is 6.54 Å². The second kappa shape index (κ2) is 10.6. The Balaban J connectivity index is 1.18. The normalized spacial score (nSPS) is 22.6. The van der Waals surface area contributed by atoms with Gasteiger partial charge in [-0.3, -0.25) is 29.6 Å². The Morgan fingerprint density at radius 1 is 1.05 bits per heavy atom. The number of likely N-dealkylation sites (tertiary alicyclic amines) is 1. The van der Waals surface area contributed by atoms with Gasteiger partial charge < -0.3 is 14.3 Å². The Labute approximate surface area is 231 Å². The van der Waals surface area contributed by atoms with Crippen LogP contribution < -0.4 is 9.84 Å². The van der Waals surface area contributed by atoms with E-state index in [2.05, 4.69) is 10.3 Å². The summed E-state index contributed by atoms with van der Waals surface area (Å²) in [4.78, 5) is 55.8. The monoisotopic (exact) mass is 560 g/mol. The molecule has 10 nitrogen and oxygen atoms in total. The number of rotatable bonds is 7. The number of aromatic nitrogens is 1. The number of hydrogen-bond donors (Lipinski definition) is 2. The van der Waals surface area contributed by atoms with Crippen LogP contribution in [0.25, 0.3) is 11.3 Å². The Bertz CT molecular complexity index is 1530. The number of para-hydroxylation sites is 1. The molecule has 3 atom stereocenters. The van der Waals surface area contributed by atoms with E-state index in [1.165, 1.54) is 4.90 Å². The molecule has 3 aliphatic rings. The van der Waals surface area contributed by atoms with E-state index < -0.39 is 25.3 Å². The average Bonchev–Trinajstić information content (AvgIpc) is 3.54. The first-order chi connectivity index (χ1) is 19.3. The lowest BCUT2D eigenvalue weighted by Crippen LogP contribution is -2.52. The van der Waals surface area contributed by atoms with Gasteiger partial charge in [-0.25, -0.2) is 4.57 Å². The van der Waals surface area contributed by atoms with Gasteiger partial charge in [0.05, 0.1) is 5.69 Å². The maximum Gasteiger partial charge on any atom is 0.393 e. The quantitative estimate of drug-likeness (QED) is 0.331. The minimum atomic E-state index is -3.94. The van der Waals surface area contributed by atoms with E-state index in [-0.39, 0.29) is 24.8 Å². The Kier molecular flexibility index (Phi) is 7.00. The minimum Gasteiger partial charge on any atom is -0.423 e. The molecule has 0 saturated carbocycles. The first-order valence-electron chi connectivity index (χ1n) is 13.3. The lowest BCUT2D eigenvalue weighted by Gasteiger charge is -2.29. The fourth-order valence-electron chi connectivity index (χ4n) is 5.75. The smallest absolute Gasteiger partial charge is 0.393 e. The van der Waals surface area contributed by atoms with Gasteiger partial charge in [0, 0.05) is 36.8 Å². The van der Waals surface area contributed by atoms with E-state index in [4.69, 9.17) is 4.52 Å². The second-order valence-corrected chi connectivity index (χ2v) is 12.3. The fourth-order valence-corrected chi connectivity index (χ4v) is 7.42. The van der Waals surface area contributed by atoms with Gasteiger partial charge in [-0.1, -0.05) is 24.3 Å². The lowest BCUT2D eigenvalue weighted by molar-refractivity contribution is -0.136. The van der Waals surface area contributed by atoms with Crippen molar-refractivity contribution < 1.29 is 28.4 Å². The number of imide groups is 1. The van der Waals surface area contributed by atoms with E-state index in [9.17, 15) is 23.8 Å². The number of carbonyl (C=O) groups excluding carboxylic acids is 3. The number of piperidine rings is 1. The summed E-state index contributed by atoms with van der Waals surface area (Å²) in [7, 11) is -3.94. The predicted octanol–water partition coefficient (Wildman–Crippen LogP) is 3.70. The third-order valence-corrected chi connectivity index (χ3v) is 9.53. The van der Waals surface area contributed by atoms with Crippen molar-refractivity contribution in [1.29, 1.82) is 0 Å². The Hall–Kier alpha value is -3.85. The standard InChI is InChI=1S/C29H29N4O6P/c34-26-11-10-25(28(35)31-26)33-18-21-16-20(8-9-23(21)29(33)36)24-15-19(12-13-30-24)17-32-14-4-7-27(32)40(37,38)39-22-5-2-1-3-6-22/h1-3,5-6,8-9,12-13,15-16,25,27H,4,7,10-11,14,17-18H2,(H,37,38)(H,31,34,35). The van der Waals surface area contributed by atoms with Gasteiger partial charge in [0.2, 0.25) is 11.8 Å². The van der Waals surface area contributed by atoms with Crippen LogP contribution in [0, 0.1) is 0 Å². The van der Waals surface area contributed by atoms with Crippen molar-refractivity contribution in [1.82, 2.24) is 20.1 Å². The molecule has 2 N–H and O–H groups in total. The van der Waals surface area contributed by atoms with E-state index in [0.29, 0.717) is 37.2 Å². The second-order valence-electron chi connectivity index (χ2n) is 10.4. The molecule has 0 radical (unpaired) electrons. The zero-order chi connectivity index (χ0) is 27.9. The minimum absolute atomic E-state index is 0.209. The van der Waals surface area contributed by atoms with Gasteiger partial charge in [0.15, 0.2) is 0 Å². The summed E-state index contributed by atoms with van der Waals surface area (Å²) in [6, 6.07) is 17.4. The van der Waals surface area contributed by atoms with Crippen LogP contribution in [0.2, 0.25) is 0 Å². The molecule has 2 fully saturated rings. The third-order valence-electron chi connectivity index (χ3n) is 7.71. The van der Waals surface area contributed by atoms with Gasteiger partial charge in [-0.15, -0.1) is 0 Å². The zero-order valence-electron chi connectivity index (χ0n) is 21.7. The van der Waals surface area contributed by atoms with Crippen LogP contribution in [0.3, 0.4) is 0 Å². The molecule has 40 heavy (non-hydrogen) atoms. The lowest BCUT2D eigenvalue weighted by atomic mass is 10.0. The van der Waals surface area contributed by atoms with Crippen LogP contribution in [-0.2, 0) is 27.2 Å². The highest BCUT2D eigenvalue weighted by molar-refractivity contribution is 7.54. The van der Waals surface area contributed by atoms with Crippen molar-refractivity contribution in [3.8, 4) is 17.0 Å². The first-order valence-corrected chi connectivity index (χ1v) is 15.0. The van der Waals surface area contributed by atoms with E-state index in [1.807, 2.05) is 35.2 Å². The molecule has 0 aliphatic carbocycles. The molecule has 2 saturated heterocycles. The zero-order valence-corrected chi connectivity index (χ0v) is 22.6. The molecular weight excluding hydrogens is 531 g/mol. The Morgan fingerprint density at radius 3 is 2.67 bits per heavy atom. The van der Waals surface area contributed by atoms with E-state index in [1.54, 1.807) is 36.5 Å². The first kappa shape index (κ1) is 26.4. The summed E-state index contributed by atoms with van der Waals surface area (Å²) in [6.45, 7) is 1.44. The number of benzene rings is 2. The summed E-state index contributed by atoms with van der Waals surface area (Å²) < 4.78 is 18.7. The highest BCUT2D eigenvalue weighted by atomic mass is 31.2. The highest BCUT2D eigenvalue weighted by Gasteiger charge is 2.42. The van der Waals surface area contributed by atoms with Crippen LogP contribution in [0.4, 0.5) is 0 Å². The van der Waals surface area contributed by atoms with Gasteiger partial charge in [-0.05, 0) is 73.3 Å². The number of nitrogens with one attached hydrogen (secondary N) is 1. The molecule has 6 rings (SSSR count). The summed E-state index contributed by atoms with van der Waals surface area (Å²) in [5.74, 6) is -1.20. The predicted molar refractivity (Wildman–Crippen MR) is 146 cm³/mol. The largest absolute Gasteiger partial charge is 0.423 e.